The predicted molar refractivity (Wildman–Crippen MR) is 67.7 cm³/mol. The van der Waals surface area contributed by atoms with Crippen LogP contribution in [0.25, 0.3) is 0 Å². The van der Waals surface area contributed by atoms with Gasteiger partial charge in [-0.15, -0.1) is 0 Å². The lowest BCUT2D eigenvalue weighted by atomic mass is 10.0. The highest BCUT2D eigenvalue weighted by atomic mass is 14.6. The minimum Gasteiger partial charge on any atom is -0.264 e. The van der Waals surface area contributed by atoms with Crippen LogP contribution in [-0.4, -0.2) is 4.98 Å². The molecule has 0 aliphatic heterocycles. The van der Waals surface area contributed by atoms with E-state index < -0.39 is 0 Å². The summed E-state index contributed by atoms with van der Waals surface area (Å²) in [4.78, 5) is 4.23. The Bertz CT molecular complexity index is 480. The van der Waals surface area contributed by atoms with Gasteiger partial charge in [-0.2, -0.15) is 0 Å². The Kier molecular flexibility index (Phi) is 3.04. The van der Waals surface area contributed by atoms with Crippen molar-refractivity contribution >= 4 is 0 Å². The molecule has 0 N–H and O–H groups in total. The Morgan fingerprint density at radius 1 is 0.750 bits per heavy atom. The number of hydrogen-bond acceptors (Lipinski definition) is 1. The Hall–Kier alpha value is -1.63. The monoisotopic (exact) mass is 211 g/mol. The molecule has 0 aliphatic rings. The van der Waals surface area contributed by atoms with Gasteiger partial charge < -0.3 is 0 Å². The molecule has 0 spiro atoms. The highest BCUT2D eigenvalue weighted by Crippen LogP contribution is 2.13. The van der Waals surface area contributed by atoms with E-state index in [1.54, 1.807) is 0 Å². The molecule has 1 aromatic carbocycles. The van der Waals surface area contributed by atoms with Crippen molar-refractivity contribution in [1.29, 1.82) is 0 Å². The van der Waals surface area contributed by atoms with Crippen LogP contribution >= 0.6 is 0 Å². The summed E-state index contributed by atoms with van der Waals surface area (Å²) in [5, 5.41) is 0. The van der Waals surface area contributed by atoms with Crippen molar-refractivity contribution in [3.8, 4) is 0 Å². The number of rotatable bonds is 2. The van der Waals surface area contributed by atoms with Crippen molar-refractivity contribution < 1.29 is 0 Å². The van der Waals surface area contributed by atoms with E-state index in [9.17, 15) is 0 Å². The Labute approximate surface area is 97.2 Å². The van der Waals surface area contributed by atoms with E-state index in [4.69, 9.17) is 0 Å². The van der Waals surface area contributed by atoms with E-state index in [1.165, 1.54) is 27.8 Å². The van der Waals surface area contributed by atoms with Gasteiger partial charge >= 0.3 is 0 Å². The smallest absolute Gasteiger partial charge is 0.0303 e. The topological polar surface area (TPSA) is 12.9 Å². The molecule has 1 aromatic heterocycles. The molecular weight excluding hydrogens is 194 g/mol. The van der Waals surface area contributed by atoms with Gasteiger partial charge in [-0.05, 0) is 43.9 Å². The van der Waals surface area contributed by atoms with Gasteiger partial charge in [-0.3, -0.25) is 4.98 Å². The maximum atomic E-state index is 4.23. The van der Waals surface area contributed by atoms with Gasteiger partial charge in [0.15, 0.2) is 0 Å². The van der Waals surface area contributed by atoms with Crippen molar-refractivity contribution in [2.45, 2.75) is 27.2 Å². The van der Waals surface area contributed by atoms with E-state index in [-0.39, 0.29) is 0 Å². The second-order valence-corrected chi connectivity index (χ2v) is 4.54. The van der Waals surface area contributed by atoms with Crippen molar-refractivity contribution in [3.63, 3.8) is 0 Å². The number of aryl methyl sites for hydroxylation is 3. The van der Waals surface area contributed by atoms with Gasteiger partial charge in [0.25, 0.3) is 0 Å². The lowest BCUT2D eigenvalue weighted by molar-refractivity contribution is 1.11. The first-order chi connectivity index (χ1) is 7.63. The van der Waals surface area contributed by atoms with Crippen molar-refractivity contribution in [1.82, 2.24) is 4.98 Å². The average molecular weight is 211 g/mol. The van der Waals surface area contributed by atoms with Gasteiger partial charge in [-0.25, -0.2) is 0 Å². The van der Waals surface area contributed by atoms with Gasteiger partial charge in [0.2, 0.25) is 0 Å². The highest BCUT2D eigenvalue weighted by Gasteiger charge is 1.99. The number of hydrogen-bond donors (Lipinski definition) is 0. The van der Waals surface area contributed by atoms with Crippen molar-refractivity contribution in [2.24, 2.45) is 0 Å². The molecule has 0 bridgehead atoms. The first-order valence-electron chi connectivity index (χ1n) is 5.61. The average Bonchev–Trinajstić information content (AvgIpc) is 2.15. The molecule has 0 saturated heterocycles. The molecule has 0 atom stereocenters. The third-order valence-corrected chi connectivity index (χ3v) is 2.62. The Morgan fingerprint density at radius 3 is 2.00 bits per heavy atom. The van der Waals surface area contributed by atoms with Crippen LogP contribution in [0, 0.1) is 20.8 Å². The molecule has 0 saturated carbocycles. The van der Waals surface area contributed by atoms with Crippen LogP contribution in [-0.2, 0) is 6.42 Å². The predicted octanol–water partition coefficient (Wildman–Crippen LogP) is 3.60. The molecule has 16 heavy (non-hydrogen) atoms. The molecule has 0 fully saturated rings. The SMILES string of the molecule is Cc1cncc(Cc2cc(C)cc(C)c2)c1. The molecule has 2 rings (SSSR count). The molecule has 0 aliphatic carbocycles. The minimum atomic E-state index is 0.969. The van der Waals surface area contributed by atoms with Crippen molar-refractivity contribution in [3.05, 3.63) is 64.5 Å². The Balaban J connectivity index is 2.27. The molecule has 1 heterocycles. The Morgan fingerprint density at radius 2 is 1.38 bits per heavy atom. The van der Waals surface area contributed by atoms with Crippen LogP contribution in [0.4, 0.5) is 0 Å². The molecule has 82 valence electrons. The molecule has 2 aromatic rings. The fourth-order valence-electron chi connectivity index (χ4n) is 2.12. The van der Waals surface area contributed by atoms with Crippen LogP contribution < -0.4 is 0 Å². The zero-order valence-electron chi connectivity index (χ0n) is 10.1. The van der Waals surface area contributed by atoms with Crippen LogP contribution in [0.1, 0.15) is 27.8 Å². The van der Waals surface area contributed by atoms with E-state index in [0.29, 0.717) is 0 Å². The minimum absolute atomic E-state index is 0.969. The first kappa shape index (κ1) is 10.9. The summed E-state index contributed by atoms with van der Waals surface area (Å²) in [5.74, 6) is 0. The van der Waals surface area contributed by atoms with Crippen molar-refractivity contribution in [2.75, 3.05) is 0 Å². The molecule has 0 unspecified atom stereocenters. The second-order valence-electron chi connectivity index (χ2n) is 4.54. The zero-order chi connectivity index (χ0) is 11.5. The summed E-state index contributed by atoms with van der Waals surface area (Å²) in [5.41, 5.74) is 6.53. The largest absolute Gasteiger partial charge is 0.264 e. The van der Waals surface area contributed by atoms with Crippen LogP contribution in [0.2, 0.25) is 0 Å². The lowest BCUT2D eigenvalue weighted by Crippen LogP contribution is -1.92. The number of aromatic nitrogens is 1. The summed E-state index contributed by atoms with van der Waals surface area (Å²) >= 11 is 0. The normalized spacial score (nSPS) is 10.4. The highest BCUT2D eigenvalue weighted by molar-refractivity contribution is 5.32. The molecule has 0 amide bonds. The fourth-order valence-corrected chi connectivity index (χ4v) is 2.12. The molecule has 1 heteroatoms. The van der Waals surface area contributed by atoms with Crippen LogP contribution in [0.15, 0.2) is 36.7 Å². The standard InChI is InChI=1S/C15H17N/c1-11-4-12(2)6-14(5-11)8-15-7-13(3)9-16-10-15/h4-7,9-10H,8H2,1-3H3. The maximum Gasteiger partial charge on any atom is 0.0303 e. The summed E-state index contributed by atoms with van der Waals surface area (Å²) in [6.07, 6.45) is 4.81. The molecule has 1 nitrogen and oxygen atoms in total. The third-order valence-electron chi connectivity index (χ3n) is 2.62. The van der Waals surface area contributed by atoms with Gasteiger partial charge in [0, 0.05) is 12.4 Å². The maximum absolute atomic E-state index is 4.23. The summed E-state index contributed by atoms with van der Waals surface area (Å²) in [6, 6.07) is 8.90. The third kappa shape index (κ3) is 2.69. The van der Waals surface area contributed by atoms with Crippen LogP contribution in [0.3, 0.4) is 0 Å². The fraction of sp³-hybridized carbons (Fsp3) is 0.267. The second kappa shape index (κ2) is 4.48. The summed E-state index contributed by atoms with van der Waals surface area (Å²) in [6.45, 7) is 6.37. The summed E-state index contributed by atoms with van der Waals surface area (Å²) < 4.78 is 0. The number of benzene rings is 1. The molecular formula is C15H17N. The number of pyridine rings is 1. The molecule has 0 radical (unpaired) electrons. The van der Waals surface area contributed by atoms with E-state index in [0.717, 1.165) is 6.42 Å². The zero-order valence-corrected chi connectivity index (χ0v) is 10.1. The summed E-state index contributed by atoms with van der Waals surface area (Å²) in [7, 11) is 0. The van der Waals surface area contributed by atoms with E-state index >= 15 is 0 Å². The van der Waals surface area contributed by atoms with Crippen LogP contribution in [0.5, 0.6) is 0 Å². The first-order valence-corrected chi connectivity index (χ1v) is 5.61. The number of nitrogens with zero attached hydrogens (tertiary/aromatic N) is 1. The van der Waals surface area contributed by atoms with E-state index in [2.05, 4.69) is 50.0 Å². The van der Waals surface area contributed by atoms with Gasteiger partial charge in [0.1, 0.15) is 0 Å². The van der Waals surface area contributed by atoms with E-state index in [1.807, 2.05) is 12.4 Å². The van der Waals surface area contributed by atoms with Gasteiger partial charge in [0.05, 0.1) is 0 Å². The lowest BCUT2D eigenvalue weighted by Gasteiger charge is -2.05. The quantitative estimate of drug-likeness (QED) is 0.739. The van der Waals surface area contributed by atoms with Gasteiger partial charge in [-0.1, -0.05) is 35.4 Å².